The third kappa shape index (κ3) is 2.26. The van der Waals surface area contributed by atoms with Crippen LogP contribution in [0.25, 0.3) is 0 Å². The summed E-state index contributed by atoms with van der Waals surface area (Å²) in [6.07, 6.45) is 3.64. The van der Waals surface area contributed by atoms with Crippen LogP contribution in [0.3, 0.4) is 0 Å². The van der Waals surface area contributed by atoms with E-state index in [9.17, 15) is 0 Å². The molecule has 2 rings (SSSR count). The zero-order valence-electron chi connectivity index (χ0n) is 8.95. The molecule has 0 spiro atoms. The van der Waals surface area contributed by atoms with Crippen LogP contribution in [0, 0.1) is 0 Å². The van der Waals surface area contributed by atoms with Crippen molar-refractivity contribution in [1.29, 1.82) is 0 Å². The molecular weight excluding hydrogens is 194 g/mol. The monoisotopic (exact) mass is 209 g/mol. The average molecular weight is 209 g/mol. The normalized spacial score (nSPS) is 15.6. The van der Waals surface area contributed by atoms with Crippen LogP contribution in [0.5, 0.6) is 6.01 Å². The molecule has 0 aromatic carbocycles. The van der Waals surface area contributed by atoms with Crippen LogP contribution in [0.4, 0.5) is 11.9 Å². The lowest BCUT2D eigenvalue weighted by Crippen LogP contribution is -2.28. The smallest absolute Gasteiger partial charge is 0.322 e. The Balaban J connectivity index is 2.13. The molecule has 82 valence electrons. The van der Waals surface area contributed by atoms with Gasteiger partial charge in [0.15, 0.2) is 0 Å². The third-order valence-electron chi connectivity index (χ3n) is 2.46. The zero-order valence-corrected chi connectivity index (χ0v) is 8.95. The van der Waals surface area contributed by atoms with E-state index in [2.05, 4.69) is 25.6 Å². The molecule has 1 aliphatic rings. The highest BCUT2D eigenvalue weighted by Crippen LogP contribution is 2.22. The fraction of sp³-hybridized carbons (Fsp3) is 0.667. The first-order chi connectivity index (χ1) is 7.31. The molecule has 0 bridgehead atoms. The molecular formula is C9H15N5O. The maximum absolute atomic E-state index is 4.99. The van der Waals surface area contributed by atoms with Gasteiger partial charge in [0.1, 0.15) is 0 Å². The molecule has 6 nitrogen and oxygen atoms in total. The van der Waals surface area contributed by atoms with Gasteiger partial charge in [-0.05, 0) is 19.3 Å². The Hall–Kier alpha value is -1.59. The number of nitrogens with zero attached hydrogens (tertiary/aromatic N) is 3. The minimum atomic E-state index is 0.330. The highest BCUT2D eigenvalue weighted by atomic mass is 16.5. The van der Waals surface area contributed by atoms with Crippen LogP contribution >= 0.6 is 0 Å². The minimum Gasteiger partial charge on any atom is -0.467 e. The third-order valence-corrected chi connectivity index (χ3v) is 2.46. The summed E-state index contributed by atoms with van der Waals surface area (Å²) >= 11 is 0. The van der Waals surface area contributed by atoms with Crippen LogP contribution in [0.1, 0.15) is 19.3 Å². The molecule has 1 fully saturated rings. The van der Waals surface area contributed by atoms with Crippen molar-refractivity contribution in [2.24, 2.45) is 0 Å². The van der Waals surface area contributed by atoms with Gasteiger partial charge in [-0.25, -0.2) is 0 Å². The van der Waals surface area contributed by atoms with Gasteiger partial charge in [0.25, 0.3) is 0 Å². The highest BCUT2D eigenvalue weighted by Gasteiger charge is 2.18. The van der Waals surface area contributed by atoms with Crippen molar-refractivity contribution >= 4 is 11.9 Å². The topological polar surface area (TPSA) is 72.0 Å². The lowest BCUT2D eigenvalue weighted by atomic mass is 9.93. The number of ether oxygens (including phenoxy) is 1. The van der Waals surface area contributed by atoms with Crippen molar-refractivity contribution in [1.82, 2.24) is 15.0 Å². The van der Waals surface area contributed by atoms with Gasteiger partial charge < -0.3 is 15.4 Å². The molecule has 15 heavy (non-hydrogen) atoms. The van der Waals surface area contributed by atoms with Crippen molar-refractivity contribution in [2.45, 2.75) is 25.3 Å². The molecule has 0 amide bonds. The second kappa shape index (κ2) is 4.29. The lowest BCUT2D eigenvalue weighted by Gasteiger charge is -2.26. The maximum Gasteiger partial charge on any atom is 0.322 e. The number of methoxy groups -OCH3 is 1. The average Bonchev–Trinajstić information content (AvgIpc) is 2.23. The van der Waals surface area contributed by atoms with Gasteiger partial charge in [-0.2, -0.15) is 15.0 Å². The summed E-state index contributed by atoms with van der Waals surface area (Å²) in [6, 6.07) is 0.831. The molecule has 0 unspecified atom stereocenters. The van der Waals surface area contributed by atoms with Gasteiger partial charge in [0.2, 0.25) is 11.9 Å². The van der Waals surface area contributed by atoms with Gasteiger partial charge in [-0.15, -0.1) is 0 Å². The Morgan fingerprint density at radius 3 is 2.47 bits per heavy atom. The predicted octanol–water partition coefficient (Wildman–Crippen LogP) is 0.886. The van der Waals surface area contributed by atoms with Crippen LogP contribution in [0.2, 0.25) is 0 Å². The first-order valence-electron chi connectivity index (χ1n) is 5.06. The lowest BCUT2D eigenvalue weighted by molar-refractivity contribution is 0.378. The van der Waals surface area contributed by atoms with E-state index in [1.165, 1.54) is 19.3 Å². The maximum atomic E-state index is 4.99. The minimum absolute atomic E-state index is 0.330. The first kappa shape index (κ1) is 9.95. The van der Waals surface area contributed by atoms with E-state index >= 15 is 0 Å². The number of aromatic nitrogens is 3. The van der Waals surface area contributed by atoms with E-state index in [0.29, 0.717) is 23.9 Å². The van der Waals surface area contributed by atoms with Crippen molar-refractivity contribution in [3.63, 3.8) is 0 Å². The van der Waals surface area contributed by atoms with Gasteiger partial charge in [0, 0.05) is 13.1 Å². The van der Waals surface area contributed by atoms with Gasteiger partial charge in [-0.1, -0.05) is 0 Å². The van der Waals surface area contributed by atoms with Crippen LogP contribution < -0.4 is 15.4 Å². The van der Waals surface area contributed by atoms with E-state index in [4.69, 9.17) is 4.74 Å². The molecule has 2 N–H and O–H groups in total. The van der Waals surface area contributed by atoms with Gasteiger partial charge in [0.05, 0.1) is 7.11 Å². The largest absolute Gasteiger partial charge is 0.467 e. The molecule has 1 saturated carbocycles. The molecule has 6 heteroatoms. The van der Waals surface area contributed by atoms with E-state index < -0.39 is 0 Å². The quantitative estimate of drug-likeness (QED) is 0.767. The summed E-state index contributed by atoms with van der Waals surface area (Å²) in [4.78, 5) is 12.3. The summed E-state index contributed by atoms with van der Waals surface area (Å²) < 4.78 is 4.99. The van der Waals surface area contributed by atoms with Crippen molar-refractivity contribution in [2.75, 3.05) is 24.8 Å². The van der Waals surface area contributed by atoms with E-state index in [1.54, 1.807) is 14.2 Å². The Labute approximate surface area is 88.5 Å². The summed E-state index contributed by atoms with van der Waals surface area (Å²) in [5.74, 6) is 1.10. The Morgan fingerprint density at radius 1 is 1.20 bits per heavy atom. The van der Waals surface area contributed by atoms with Crippen LogP contribution in [-0.4, -0.2) is 35.2 Å². The zero-order chi connectivity index (χ0) is 10.7. The van der Waals surface area contributed by atoms with Crippen molar-refractivity contribution in [3.05, 3.63) is 0 Å². The highest BCUT2D eigenvalue weighted by molar-refractivity contribution is 5.36. The number of hydrogen-bond acceptors (Lipinski definition) is 6. The Kier molecular flexibility index (Phi) is 2.84. The number of hydrogen-bond donors (Lipinski definition) is 2. The summed E-state index contributed by atoms with van der Waals surface area (Å²) in [6.45, 7) is 0. The molecule has 1 aromatic rings. The number of anilines is 2. The molecule has 1 aliphatic carbocycles. The molecule has 0 radical (unpaired) electrons. The molecule has 0 saturated heterocycles. The Bertz CT molecular complexity index is 317. The molecule has 0 atom stereocenters. The summed E-state index contributed by atoms with van der Waals surface area (Å²) in [5.41, 5.74) is 0. The second-order valence-electron chi connectivity index (χ2n) is 3.49. The molecule has 1 heterocycles. The Morgan fingerprint density at radius 2 is 1.93 bits per heavy atom. The fourth-order valence-corrected chi connectivity index (χ4v) is 1.36. The van der Waals surface area contributed by atoms with Gasteiger partial charge in [-0.3, -0.25) is 0 Å². The fourth-order valence-electron chi connectivity index (χ4n) is 1.36. The van der Waals surface area contributed by atoms with Crippen molar-refractivity contribution in [3.8, 4) is 6.01 Å². The standard InChI is InChI=1S/C9H15N5O/c1-10-7-12-8(11-6-4-3-5-6)14-9(13-7)15-2/h6H,3-5H2,1-2H3,(H2,10,11,12,13,14). The summed E-state index contributed by atoms with van der Waals surface area (Å²) in [7, 11) is 3.31. The van der Waals surface area contributed by atoms with E-state index in [-0.39, 0.29) is 0 Å². The second-order valence-corrected chi connectivity index (χ2v) is 3.49. The van der Waals surface area contributed by atoms with Crippen LogP contribution in [0.15, 0.2) is 0 Å². The van der Waals surface area contributed by atoms with Gasteiger partial charge >= 0.3 is 6.01 Å². The van der Waals surface area contributed by atoms with E-state index in [0.717, 1.165) is 0 Å². The number of rotatable bonds is 4. The first-order valence-corrected chi connectivity index (χ1v) is 5.06. The van der Waals surface area contributed by atoms with E-state index in [1.807, 2.05) is 0 Å². The molecule has 1 aromatic heterocycles. The molecule has 0 aliphatic heterocycles. The number of nitrogens with one attached hydrogen (secondary N) is 2. The SMILES string of the molecule is CNc1nc(NC2CCC2)nc(OC)n1. The predicted molar refractivity (Wildman–Crippen MR) is 57.2 cm³/mol. The van der Waals surface area contributed by atoms with Crippen molar-refractivity contribution < 1.29 is 4.74 Å². The van der Waals surface area contributed by atoms with Crippen LogP contribution in [-0.2, 0) is 0 Å². The summed E-state index contributed by atoms with van der Waals surface area (Å²) in [5, 5.41) is 6.11.